The van der Waals surface area contributed by atoms with Gasteiger partial charge >= 0.3 is 12.1 Å². The Morgan fingerprint density at radius 2 is 1.46 bits per heavy atom. The molecule has 8 heteroatoms. The number of carbonyl (C=O) groups excluding carboxylic acids is 1. The fourth-order valence-electron chi connectivity index (χ4n) is 4.05. The third-order valence-electron chi connectivity index (χ3n) is 7.21. The number of aliphatic carboxylic acids is 1. The Kier molecular flexibility index (Phi) is 11.2. The van der Waals surface area contributed by atoms with E-state index in [0.29, 0.717) is 18.6 Å². The molecule has 0 bridgehead atoms. The molecule has 0 fully saturated rings. The van der Waals surface area contributed by atoms with Gasteiger partial charge in [-0.25, -0.2) is 4.79 Å². The number of rotatable bonds is 12. The summed E-state index contributed by atoms with van der Waals surface area (Å²) in [6.45, 7) is 16.2. The predicted octanol–water partition coefficient (Wildman–Crippen LogP) is 6.86. The Hall–Kier alpha value is -2.84. The highest BCUT2D eigenvalue weighted by Crippen LogP contribution is 2.39. The molecule has 0 aliphatic carbocycles. The van der Waals surface area contributed by atoms with Gasteiger partial charge in [0.2, 0.25) is 0 Å². The van der Waals surface area contributed by atoms with Crippen molar-refractivity contribution in [3.05, 3.63) is 65.7 Å². The lowest BCUT2D eigenvalue weighted by Crippen LogP contribution is -2.54. The van der Waals surface area contributed by atoms with Crippen molar-refractivity contribution < 1.29 is 28.6 Å². The number of carboxylic acid groups (broad SMARTS) is 1. The van der Waals surface area contributed by atoms with Crippen LogP contribution in [0, 0.1) is 5.92 Å². The first-order valence-electron chi connectivity index (χ1n) is 13.6. The van der Waals surface area contributed by atoms with Crippen molar-refractivity contribution >= 4 is 20.4 Å². The molecule has 2 rings (SSSR count). The van der Waals surface area contributed by atoms with E-state index in [-0.39, 0.29) is 11.5 Å². The van der Waals surface area contributed by atoms with Gasteiger partial charge in [-0.1, -0.05) is 63.2 Å². The van der Waals surface area contributed by atoms with Gasteiger partial charge in [0.25, 0.3) is 0 Å². The quantitative estimate of drug-likeness (QED) is 0.277. The van der Waals surface area contributed by atoms with Gasteiger partial charge in [0.15, 0.2) is 8.32 Å². The minimum Gasteiger partial charge on any atom is -0.497 e. The third-order valence-corrected chi connectivity index (χ3v) is 11.7. The zero-order chi connectivity index (χ0) is 29.4. The first-order valence-corrected chi connectivity index (χ1v) is 16.5. The molecule has 2 aromatic rings. The van der Waals surface area contributed by atoms with E-state index < -0.39 is 44.0 Å². The van der Waals surface area contributed by atoms with E-state index in [9.17, 15) is 14.7 Å². The molecule has 2 aromatic carbocycles. The van der Waals surface area contributed by atoms with Gasteiger partial charge in [-0.15, -0.1) is 0 Å². The van der Waals surface area contributed by atoms with Gasteiger partial charge < -0.3 is 24.3 Å². The summed E-state index contributed by atoms with van der Waals surface area (Å²) in [6.07, 6.45) is -0.0383. The van der Waals surface area contributed by atoms with E-state index in [1.165, 1.54) is 0 Å². The highest BCUT2D eigenvalue weighted by Gasteiger charge is 2.42. The van der Waals surface area contributed by atoms with E-state index in [1.807, 2.05) is 75.4 Å². The Balaban J connectivity index is 2.47. The normalized spacial score (nSPS) is 14.7. The number of hydrogen-bond donors (Lipinski definition) is 2. The second kappa shape index (κ2) is 13.5. The number of alkyl carbamates (subject to hydrolysis) is 1. The maximum atomic E-state index is 13.0. The average molecular weight is 558 g/mol. The summed E-state index contributed by atoms with van der Waals surface area (Å²) < 4.78 is 17.8. The first-order chi connectivity index (χ1) is 18.0. The van der Waals surface area contributed by atoms with Crippen molar-refractivity contribution in [2.75, 3.05) is 7.11 Å². The minimum absolute atomic E-state index is 0.108. The second-order valence-electron chi connectivity index (χ2n) is 12.7. The minimum atomic E-state index is -2.35. The summed E-state index contributed by atoms with van der Waals surface area (Å²) >= 11 is 0. The second-order valence-corrected chi connectivity index (χ2v) is 17.4. The van der Waals surface area contributed by atoms with E-state index in [4.69, 9.17) is 13.9 Å². The fraction of sp³-hybridized carbons (Fsp3) is 0.548. The van der Waals surface area contributed by atoms with Gasteiger partial charge in [0.05, 0.1) is 25.2 Å². The highest BCUT2D eigenvalue weighted by molar-refractivity contribution is 6.74. The molecule has 0 aliphatic heterocycles. The predicted molar refractivity (Wildman–Crippen MR) is 158 cm³/mol. The van der Waals surface area contributed by atoms with E-state index >= 15 is 0 Å². The Labute approximate surface area is 235 Å². The van der Waals surface area contributed by atoms with Crippen molar-refractivity contribution in [3.8, 4) is 5.75 Å². The van der Waals surface area contributed by atoms with Crippen molar-refractivity contribution in [2.45, 2.75) is 96.7 Å². The first kappa shape index (κ1) is 32.4. The van der Waals surface area contributed by atoms with Crippen LogP contribution in [0.3, 0.4) is 0 Å². The lowest BCUT2D eigenvalue weighted by atomic mass is 9.89. The Morgan fingerprint density at radius 1 is 0.897 bits per heavy atom. The van der Waals surface area contributed by atoms with E-state index in [0.717, 1.165) is 11.1 Å². The average Bonchev–Trinajstić information content (AvgIpc) is 2.81. The largest absolute Gasteiger partial charge is 0.497 e. The number of hydrogen-bond acceptors (Lipinski definition) is 5. The maximum Gasteiger partial charge on any atom is 0.407 e. The van der Waals surface area contributed by atoms with Gasteiger partial charge in [0, 0.05) is 0 Å². The fourth-order valence-corrected chi connectivity index (χ4v) is 5.42. The molecule has 3 atom stereocenters. The topological polar surface area (TPSA) is 94.1 Å². The summed E-state index contributed by atoms with van der Waals surface area (Å²) in [5.41, 5.74) is 1.24. The van der Waals surface area contributed by atoms with Crippen molar-refractivity contribution in [1.29, 1.82) is 0 Å². The van der Waals surface area contributed by atoms with Crippen LogP contribution in [0.4, 0.5) is 4.79 Å². The van der Waals surface area contributed by atoms with Crippen LogP contribution in [0.5, 0.6) is 5.75 Å². The molecular weight excluding hydrogens is 510 g/mol. The molecule has 216 valence electrons. The zero-order valence-electron chi connectivity index (χ0n) is 25.0. The van der Waals surface area contributed by atoms with Crippen molar-refractivity contribution in [3.63, 3.8) is 0 Å². The highest BCUT2D eigenvalue weighted by atomic mass is 28.4. The molecule has 2 N–H and O–H groups in total. The molecule has 0 spiro atoms. The summed E-state index contributed by atoms with van der Waals surface area (Å²) in [4.78, 5) is 25.5. The van der Waals surface area contributed by atoms with Crippen LogP contribution in [0.2, 0.25) is 18.1 Å². The van der Waals surface area contributed by atoms with Crippen LogP contribution >= 0.6 is 0 Å². The molecule has 0 aliphatic rings. The van der Waals surface area contributed by atoms with Gasteiger partial charge in [-0.3, -0.25) is 4.79 Å². The van der Waals surface area contributed by atoms with Crippen LogP contribution in [0.15, 0.2) is 54.6 Å². The standard InChI is InChI=1S/C31H47NO6Si/c1-30(2,3)37-29(35)32-26(20-22-13-11-10-12-14-22)27(38-39(8,9)31(4,5)6)21-24(28(33)34)19-23-15-17-25(36-7)18-16-23/h10-18,24,26-27H,19-21H2,1-9H3,(H,32,35)(H,33,34). The monoisotopic (exact) mass is 557 g/mol. The van der Waals surface area contributed by atoms with Gasteiger partial charge in [0.1, 0.15) is 11.4 Å². The Bertz CT molecular complexity index is 1060. The molecular formula is C31H47NO6Si. The number of carbonyl (C=O) groups is 2. The SMILES string of the molecule is COc1ccc(CC(CC(O[Si](C)(C)C(C)(C)C)C(Cc2ccccc2)NC(=O)OC(C)(C)C)C(=O)O)cc1. The van der Waals surface area contributed by atoms with E-state index in [2.05, 4.69) is 39.2 Å². The summed E-state index contributed by atoms with van der Waals surface area (Å²) in [7, 11) is -0.754. The molecule has 0 saturated heterocycles. The maximum absolute atomic E-state index is 13.0. The molecule has 0 saturated carbocycles. The van der Waals surface area contributed by atoms with Crippen LogP contribution in [0.1, 0.15) is 59.1 Å². The summed E-state index contributed by atoms with van der Waals surface area (Å²) in [5.74, 6) is -0.897. The number of methoxy groups -OCH3 is 1. The number of amides is 1. The molecule has 39 heavy (non-hydrogen) atoms. The van der Waals surface area contributed by atoms with Gasteiger partial charge in [-0.05, 0) is 81.4 Å². The summed E-state index contributed by atoms with van der Waals surface area (Å²) in [6, 6.07) is 16.8. The molecule has 3 unspecified atom stereocenters. The number of benzene rings is 2. The number of nitrogens with one attached hydrogen (secondary N) is 1. The smallest absolute Gasteiger partial charge is 0.407 e. The summed E-state index contributed by atoms with van der Waals surface area (Å²) in [5, 5.41) is 13.2. The third kappa shape index (κ3) is 10.7. The van der Waals surface area contributed by atoms with Gasteiger partial charge in [-0.2, -0.15) is 0 Å². The molecule has 1 amide bonds. The van der Waals surface area contributed by atoms with Crippen LogP contribution in [-0.2, 0) is 26.8 Å². The lowest BCUT2D eigenvalue weighted by molar-refractivity contribution is -0.142. The molecule has 7 nitrogen and oxygen atoms in total. The van der Waals surface area contributed by atoms with Crippen molar-refractivity contribution in [1.82, 2.24) is 5.32 Å². The van der Waals surface area contributed by atoms with Crippen LogP contribution in [0.25, 0.3) is 0 Å². The van der Waals surface area contributed by atoms with E-state index in [1.54, 1.807) is 7.11 Å². The van der Waals surface area contributed by atoms with Crippen LogP contribution in [-0.4, -0.2) is 50.3 Å². The van der Waals surface area contributed by atoms with Crippen LogP contribution < -0.4 is 10.1 Å². The number of carboxylic acids is 1. The zero-order valence-corrected chi connectivity index (χ0v) is 26.0. The molecule has 0 radical (unpaired) electrons. The molecule has 0 aromatic heterocycles. The molecule has 0 heterocycles. The lowest BCUT2D eigenvalue weighted by Gasteiger charge is -2.42. The Morgan fingerprint density at radius 3 is 1.95 bits per heavy atom. The van der Waals surface area contributed by atoms with Crippen molar-refractivity contribution in [2.24, 2.45) is 5.92 Å². The number of ether oxygens (including phenoxy) is 2.